The molecular formula is C23H22N2OS. The highest BCUT2D eigenvalue weighted by atomic mass is 32.1. The quantitative estimate of drug-likeness (QED) is 0.434. The van der Waals surface area contributed by atoms with Gasteiger partial charge in [-0.3, -0.25) is 4.79 Å². The molecular weight excluding hydrogens is 352 g/mol. The Kier molecular flexibility index (Phi) is 5.99. The van der Waals surface area contributed by atoms with Crippen molar-refractivity contribution in [1.82, 2.24) is 0 Å². The molecule has 4 heteroatoms. The van der Waals surface area contributed by atoms with Crippen molar-refractivity contribution in [2.75, 3.05) is 10.6 Å². The van der Waals surface area contributed by atoms with Gasteiger partial charge in [-0.15, -0.1) is 0 Å². The van der Waals surface area contributed by atoms with E-state index in [1.165, 1.54) is 5.56 Å². The minimum absolute atomic E-state index is 0.0391. The monoisotopic (exact) mass is 374 g/mol. The van der Waals surface area contributed by atoms with Crippen LogP contribution in [0.2, 0.25) is 0 Å². The topological polar surface area (TPSA) is 41.1 Å². The molecule has 3 rings (SSSR count). The predicted octanol–water partition coefficient (Wildman–Crippen LogP) is 5.85. The normalized spacial score (nSPS) is 10.5. The number of ketones is 1. The standard InChI is InChI=1S/C23H22N2OS/c1-16(2)17-12-14-19(15-13-17)24-23(27)25-21-11-7-6-10-20(21)22(26)18-8-4-3-5-9-18/h3-16H,1-2H3,(H2,24,25,27). The van der Waals surface area contributed by atoms with E-state index in [4.69, 9.17) is 12.2 Å². The van der Waals surface area contributed by atoms with Crippen LogP contribution < -0.4 is 10.6 Å². The largest absolute Gasteiger partial charge is 0.332 e. The molecule has 3 aromatic carbocycles. The Morgan fingerprint density at radius 3 is 2.11 bits per heavy atom. The molecule has 136 valence electrons. The SMILES string of the molecule is CC(C)c1ccc(NC(=S)Nc2ccccc2C(=O)c2ccccc2)cc1. The van der Waals surface area contributed by atoms with E-state index in [1.807, 2.05) is 60.7 Å². The highest BCUT2D eigenvalue weighted by Gasteiger charge is 2.13. The second-order valence-corrected chi connectivity index (χ2v) is 7.00. The Bertz CT molecular complexity index is 934. The number of para-hydroxylation sites is 1. The lowest BCUT2D eigenvalue weighted by atomic mass is 10.0. The summed E-state index contributed by atoms with van der Waals surface area (Å²) in [5.74, 6) is 0.447. The average Bonchev–Trinajstić information content (AvgIpc) is 2.69. The van der Waals surface area contributed by atoms with Gasteiger partial charge in [0.05, 0.1) is 5.69 Å². The van der Waals surface area contributed by atoms with Crippen LogP contribution in [0.4, 0.5) is 11.4 Å². The Morgan fingerprint density at radius 2 is 1.44 bits per heavy atom. The molecule has 0 aromatic heterocycles. The predicted molar refractivity (Wildman–Crippen MR) is 117 cm³/mol. The number of carbonyl (C=O) groups excluding carboxylic acids is 1. The number of benzene rings is 3. The first-order valence-corrected chi connectivity index (χ1v) is 9.32. The summed E-state index contributed by atoms with van der Waals surface area (Å²) in [4.78, 5) is 12.8. The van der Waals surface area contributed by atoms with Crippen LogP contribution in [-0.4, -0.2) is 10.9 Å². The number of nitrogens with one attached hydrogen (secondary N) is 2. The lowest BCUT2D eigenvalue weighted by molar-refractivity contribution is 0.103. The molecule has 0 saturated carbocycles. The van der Waals surface area contributed by atoms with E-state index in [2.05, 4.69) is 36.6 Å². The van der Waals surface area contributed by atoms with Crippen LogP contribution >= 0.6 is 12.2 Å². The number of anilines is 2. The van der Waals surface area contributed by atoms with Crippen LogP contribution in [0.5, 0.6) is 0 Å². The molecule has 2 N–H and O–H groups in total. The Morgan fingerprint density at radius 1 is 0.815 bits per heavy atom. The van der Waals surface area contributed by atoms with Crippen molar-refractivity contribution in [3.05, 3.63) is 95.6 Å². The van der Waals surface area contributed by atoms with Crippen molar-refractivity contribution in [2.24, 2.45) is 0 Å². The van der Waals surface area contributed by atoms with Gasteiger partial charge in [-0.1, -0.05) is 68.4 Å². The minimum atomic E-state index is -0.0391. The Labute approximate surface area is 165 Å². The summed E-state index contributed by atoms with van der Waals surface area (Å²) in [7, 11) is 0. The van der Waals surface area contributed by atoms with Gasteiger partial charge in [0, 0.05) is 16.8 Å². The summed E-state index contributed by atoms with van der Waals surface area (Å²) in [5, 5.41) is 6.76. The van der Waals surface area contributed by atoms with Gasteiger partial charge in [-0.25, -0.2) is 0 Å². The average molecular weight is 375 g/mol. The van der Waals surface area contributed by atoms with E-state index in [1.54, 1.807) is 6.07 Å². The molecule has 0 aliphatic carbocycles. The zero-order valence-electron chi connectivity index (χ0n) is 15.4. The second-order valence-electron chi connectivity index (χ2n) is 6.60. The highest BCUT2D eigenvalue weighted by molar-refractivity contribution is 7.80. The van der Waals surface area contributed by atoms with Crippen LogP contribution in [0.1, 0.15) is 41.3 Å². The molecule has 0 aliphatic rings. The number of rotatable bonds is 5. The molecule has 0 saturated heterocycles. The van der Waals surface area contributed by atoms with E-state index in [0.29, 0.717) is 27.8 Å². The van der Waals surface area contributed by atoms with Gasteiger partial charge in [-0.2, -0.15) is 0 Å². The van der Waals surface area contributed by atoms with E-state index < -0.39 is 0 Å². The Hall–Kier alpha value is -2.98. The maximum Gasteiger partial charge on any atom is 0.195 e. The van der Waals surface area contributed by atoms with Crippen molar-refractivity contribution in [3.8, 4) is 0 Å². The first kappa shape index (κ1) is 18.8. The molecule has 3 nitrogen and oxygen atoms in total. The zero-order valence-corrected chi connectivity index (χ0v) is 16.2. The van der Waals surface area contributed by atoms with Gasteiger partial charge in [0.2, 0.25) is 0 Å². The van der Waals surface area contributed by atoms with Crippen molar-refractivity contribution >= 4 is 34.5 Å². The van der Waals surface area contributed by atoms with Crippen molar-refractivity contribution in [1.29, 1.82) is 0 Å². The molecule has 0 spiro atoms. The number of thiocarbonyl (C=S) groups is 1. The second kappa shape index (κ2) is 8.60. The van der Waals surface area contributed by atoms with Crippen LogP contribution in [-0.2, 0) is 0 Å². The molecule has 0 fully saturated rings. The van der Waals surface area contributed by atoms with Gasteiger partial charge in [0.1, 0.15) is 0 Å². The summed E-state index contributed by atoms with van der Waals surface area (Å²) in [6.07, 6.45) is 0. The zero-order chi connectivity index (χ0) is 19.2. The summed E-state index contributed by atoms with van der Waals surface area (Å²) in [6.45, 7) is 4.32. The molecule has 3 aromatic rings. The molecule has 0 bridgehead atoms. The summed E-state index contributed by atoms with van der Waals surface area (Å²) in [5.41, 5.74) is 4.10. The third-order valence-corrected chi connectivity index (χ3v) is 4.50. The van der Waals surface area contributed by atoms with Crippen LogP contribution in [0, 0.1) is 0 Å². The van der Waals surface area contributed by atoms with E-state index in [9.17, 15) is 4.79 Å². The highest BCUT2D eigenvalue weighted by Crippen LogP contribution is 2.21. The van der Waals surface area contributed by atoms with E-state index >= 15 is 0 Å². The fraction of sp³-hybridized carbons (Fsp3) is 0.130. The Balaban J connectivity index is 1.74. The van der Waals surface area contributed by atoms with Crippen LogP contribution in [0.25, 0.3) is 0 Å². The lowest BCUT2D eigenvalue weighted by Gasteiger charge is -2.14. The van der Waals surface area contributed by atoms with Gasteiger partial charge in [0.25, 0.3) is 0 Å². The fourth-order valence-electron chi connectivity index (χ4n) is 2.77. The number of hydrogen-bond donors (Lipinski definition) is 2. The van der Waals surface area contributed by atoms with Gasteiger partial charge in [-0.05, 0) is 48.0 Å². The van der Waals surface area contributed by atoms with Crippen molar-refractivity contribution in [2.45, 2.75) is 19.8 Å². The fourth-order valence-corrected chi connectivity index (χ4v) is 3.00. The third kappa shape index (κ3) is 4.80. The summed E-state index contributed by atoms with van der Waals surface area (Å²) < 4.78 is 0. The molecule has 0 radical (unpaired) electrons. The first-order chi connectivity index (χ1) is 13.0. The maximum absolute atomic E-state index is 12.8. The van der Waals surface area contributed by atoms with E-state index in [-0.39, 0.29) is 5.78 Å². The molecule has 27 heavy (non-hydrogen) atoms. The van der Waals surface area contributed by atoms with Gasteiger partial charge in [0.15, 0.2) is 10.9 Å². The van der Waals surface area contributed by atoms with Crippen LogP contribution in [0.3, 0.4) is 0 Å². The number of carbonyl (C=O) groups is 1. The number of hydrogen-bond acceptors (Lipinski definition) is 2. The van der Waals surface area contributed by atoms with Crippen molar-refractivity contribution < 1.29 is 4.79 Å². The lowest BCUT2D eigenvalue weighted by Crippen LogP contribution is -2.20. The maximum atomic E-state index is 12.8. The van der Waals surface area contributed by atoms with Gasteiger partial charge >= 0.3 is 0 Å². The van der Waals surface area contributed by atoms with E-state index in [0.717, 1.165) is 5.69 Å². The molecule has 0 amide bonds. The molecule has 0 atom stereocenters. The molecule has 0 heterocycles. The molecule has 0 aliphatic heterocycles. The third-order valence-electron chi connectivity index (χ3n) is 4.29. The van der Waals surface area contributed by atoms with Gasteiger partial charge < -0.3 is 10.6 Å². The van der Waals surface area contributed by atoms with Crippen LogP contribution in [0.15, 0.2) is 78.9 Å². The molecule has 0 unspecified atom stereocenters. The first-order valence-electron chi connectivity index (χ1n) is 8.91. The smallest absolute Gasteiger partial charge is 0.195 e. The summed E-state index contributed by atoms with van der Waals surface area (Å²) >= 11 is 5.43. The minimum Gasteiger partial charge on any atom is -0.332 e. The van der Waals surface area contributed by atoms with Crippen molar-refractivity contribution in [3.63, 3.8) is 0 Å². The summed E-state index contributed by atoms with van der Waals surface area (Å²) in [6, 6.07) is 24.8.